The van der Waals surface area contributed by atoms with Crippen LogP contribution in [0.3, 0.4) is 0 Å². The van der Waals surface area contributed by atoms with Gasteiger partial charge in [0.2, 0.25) is 5.91 Å². The van der Waals surface area contributed by atoms with Crippen molar-refractivity contribution in [2.75, 3.05) is 32.7 Å². The van der Waals surface area contributed by atoms with Crippen LogP contribution in [-0.2, 0) is 4.79 Å². The zero-order valence-electron chi connectivity index (χ0n) is 12.2. The standard InChI is InChI=1S/C14H29N3O/c1-4-17(13-6-8-15-9-7-13)11-14(18)16-10-5-12(2)3/h12-13,15H,4-11H2,1-3H3,(H,16,18). The first-order valence-electron chi connectivity index (χ1n) is 7.35. The van der Waals surface area contributed by atoms with Gasteiger partial charge in [0.05, 0.1) is 6.54 Å². The third-order valence-corrected chi connectivity index (χ3v) is 3.62. The van der Waals surface area contributed by atoms with Crippen LogP contribution < -0.4 is 10.6 Å². The first-order valence-corrected chi connectivity index (χ1v) is 7.35. The third-order valence-electron chi connectivity index (χ3n) is 3.62. The molecule has 4 heteroatoms. The van der Waals surface area contributed by atoms with Crippen LogP contribution in [-0.4, -0.2) is 49.6 Å². The average Bonchev–Trinajstić information content (AvgIpc) is 2.36. The van der Waals surface area contributed by atoms with Crippen LogP contribution in [0, 0.1) is 5.92 Å². The highest BCUT2D eigenvalue weighted by atomic mass is 16.2. The zero-order chi connectivity index (χ0) is 13.4. The predicted octanol–water partition coefficient (Wildman–Crippen LogP) is 1.22. The van der Waals surface area contributed by atoms with E-state index in [0.717, 1.165) is 45.4 Å². The Hall–Kier alpha value is -0.610. The van der Waals surface area contributed by atoms with Gasteiger partial charge in [0.25, 0.3) is 0 Å². The van der Waals surface area contributed by atoms with Crippen LogP contribution in [0.15, 0.2) is 0 Å². The number of amides is 1. The third kappa shape index (κ3) is 5.83. The van der Waals surface area contributed by atoms with E-state index in [2.05, 4.69) is 36.3 Å². The summed E-state index contributed by atoms with van der Waals surface area (Å²) in [6.45, 7) is 11.0. The molecule has 0 spiro atoms. The van der Waals surface area contributed by atoms with E-state index in [1.165, 1.54) is 0 Å². The molecular formula is C14H29N3O. The van der Waals surface area contributed by atoms with Gasteiger partial charge in [-0.1, -0.05) is 20.8 Å². The second-order valence-electron chi connectivity index (χ2n) is 5.58. The molecule has 1 aliphatic heterocycles. The molecule has 0 aliphatic carbocycles. The molecule has 0 unspecified atom stereocenters. The molecule has 0 saturated carbocycles. The largest absolute Gasteiger partial charge is 0.355 e. The predicted molar refractivity (Wildman–Crippen MR) is 75.6 cm³/mol. The minimum Gasteiger partial charge on any atom is -0.355 e. The van der Waals surface area contributed by atoms with Crippen molar-refractivity contribution in [1.82, 2.24) is 15.5 Å². The van der Waals surface area contributed by atoms with Crippen LogP contribution in [0.25, 0.3) is 0 Å². The molecule has 1 rings (SSSR count). The van der Waals surface area contributed by atoms with Gasteiger partial charge < -0.3 is 10.6 Å². The molecule has 18 heavy (non-hydrogen) atoms. The molecular weight excluding hydrogens is 226 g/mol. The quantitative estimate of drug-likeness (QED) is 0.719. The fraction of sp³-hybridized carbons (Fsp3) is 0.929. The maximum absolute atomic E-state index is 11.9. The Balaban J connectivity index is 2.26. The van der Waals surface area contributed by atoms with E-state index in [0.29, 0.717) is 18.5 Å². The van der Waals surface area contributed by atoms with E-state index >= 15 is 0 Å². The van der Waals surface area contributed by atoms with E-state index in [4.69, 9.17) is 0 Å². The van der Waals surface area contributed by atoms with Crippen molar-refractivity contribution >= 4 is 5.91 Å². The van der Waals surface area contributed by atoms with Crippen LogP contribution in [0.5, 0.6) is 0 Å². The van der Waals surface area contributed by atoms with Crippen LogP contribution >= 0.6 is 0 Å². The Morgan fingerprint density at radius 3 is 2.61 bits per heavy atom. The minimum absolute atomic E-state index is 0.177. The fourth-order valence-electron chi connectivity index (χ4n) is 2.41. The Morgan fingerprint density at radius 1 is 1.39 bits per heavy atom. The number of carbonyl (C=O) groups is 1. The topological polar surface area (TPSA) is 44.4 Å². The van der Waals surface area contributed by atoms with Crippen molar-refractivity contribution in [3.8, 4) is 0 Å². The Morgan fingerprint density at radius 2 is 2.06 bits per heavy atom. The maximum Gasteiger partial charge on any atom is 0.234 e. The van der Waals surface area contributed by atoms with Crippen LogP contribution in [0.2, 0.25) is 0 Å². The van der Waals surface area contributed by atoms with E-state index in [1.54, 1.807) is 0 Å². The SMILES string of the molecule is CCN(CC(=O)NCCC(C)C)C1CCNCC1. The zero-order valence-corrected chi connectivity index (χ0v) is 12.2. The highest BCUT2D eigenvalue weighted by molar-refractivity contribution is 5.78. The van der Waals surface area contributed by atoms with Crippen molar-refractivity contribution in [3.63, 3.8) is 0 Å². The lowest BCUT2D eigenvalue weighted by atomic mass is 10.0. The number of carbonyl (C=O) groups excluding carboxylic acids is 1. The van der Waals surface area contributed by atoms with Gasteiger partial charge in [-0.2, -0.15) is 0 Å². The Bertz CT molecular complexity index is 237. The highest BCUT2D eigenvalue weighted by Gasteiger charge is 2.21. The van der Waals surface area contributed by atoms with Gasteiger partial charge in [0.15, 0.2) is 0 Å². The maximum atomic E-state index is 11.9. The molecule has 1 saturated heterocycles. The summed E-state index contributed by atoms with van der Waals surface area (Å²) < 4.78 is 0. The Kier molecular flexibility index (Phi) is 7.28. The number of likely N-dealkylation sites (N-methyl/N-ethyl adjacent to an activating group) is 1. The molecule has 0 atom stereocenters. The summed E-state index contributed by atoms with van der Waals surface area (Å²) in [7, 11) is 0. The molecule has 1 fully saturated rings. The number of piperidine rings is 1. The first-order chi connectivity index (χ1) is 8.63. The van der Waals surface area contributed by atoms with Gasteiger partial charge in [-0.25, -0.2) is 0 Å². The summed E-state index contributed by atoms with van der Waals surface area (Å²) in [6.07, 6.45) is 3.38. The molecule has 0 aromatic heterocycles. The summed E-state index contributed by atoms with van der Waals surface area (Å²) in [5, 5.41) is 6.39. The smallest absolute Gasteiger partial charge is 0.234 e. The van der Waals surface area contributed by atoms with E-state index in [1.807, 2.05) is 0 Å². The molecule has 4 nitrogen and oxygen atoms in total. The second-order valence-corrected chi connectivity index (χ2v) is 5.58. The fourth-order valence-corrected chi connectivity index (χ4v) is 2.41. The summed E-state index contributed by atoms with van der Waals surface area (Å²) >= 11 is 0. The van der Waals surface area contributed by atoms with Gasteiger partial charge >= 0.3 is 0 Å². The van der Waals surface area contributed by atoms with E-state index in [-0.39, 0.29) is 5.91 Å². The number of nitrogens with one attached hydrogen (secondary N) is 2. The summed E-state index contributed by atoms with van der Waals surface area (Å²) in [5.74, 6) is 0.827. The van der Waals surface area contributed by atoms with Crippen molar-refractivity contribution in [1.29, 1.82) is 0 Å². The lowest BCUT2D eigenvalue weighted by Gasteiger charge is -2.33. The molecule has 0 radical (unpaired) electrons. The molecule has 2 N–H and O–H groups in total. The monoisotopic (exact) mass is 255 g/mol. The van der Waals surface area contributed by atoms with Crippen molar-refractivity contribution in [3.05, 3.63) is 0 Å². The number of hydrogen-bond donors (Lipinski definition) is 2. The minimum atomic E-state index is 0.177. The summed E-state index contributed by atoms with van der Waals surface area (Å²) in [5.41, 5.74) is 0. The van der Waals surface area contributed by atoms with Crippen molar-refractivity contribution in [2.24, 2.45) is 5.92 Å². The van der Waals surface area contributed by atoms with Gasteiger partial charge in [0, 0.05) is 12.6 Å². The lowest BCUT2D eigenvalue weighted by Crippen LogP contribution is -2.47. The van der Waals surface area contributed by atoms with Gasteiger partial charge in [-0.05, 0) is 44.8 Å². The summed E-state index contributed by atoms with van der Waals surface area (Å²) in [4.78, 5) is 14.2. The Labute approximate surface area is 111 Å². The van der Waals surface area contributed by atoms with Crippen LogP contribution in [0.4, 0.5) is 0 Å². The highest BCUT2D eigenvalue weighted by Crippen LogP contribution is 2.10. The van der Waals surface area contributed by atoms with Crippen LogP contribution in [0.1, 0.15) is 40.0 Å². The second kappa shape index (κ2) is 8.48. The molecule has 106 valence electrons. The van der Waals surface area contributed by atoms with E-state index in [9.17, 15) is 4.79 Å². The molecule has 1 aliphatic rings. The number of nitrogens with zero attached hydrogens (tertiary/aromatic N) is 1. The van der Waals surface area contributed by atoms with Crippen molar-refractivity contribution < 1.29 is 4.79 Å². The molecule has 0 aromatic rings. The van der Waals surface area contributed by atoms with Gasteiger partial charge in [-0.15, -0.1) is 0 Å². The average molecular weight is 255 g/mol. The van der Waals surface area contributed by atoms with E-state index < -0.39 is 0 Å². The molecule has 0 bridgehead atoms. The van der Waals surface area contributed by atoms with Crippen molar-refractivity contribution in [2.45, 2.75) is 46.1 Å². The number of hydrogen-bond acceptors (Lipinski definition) is 3. The summed E-state index contributed by atoms with van der Waals surface area (Å²) in [6, 6.07) is 0.576. The molecule has 1 heterocycles. The molecule has 0 aromatic carbocycles. The van der Waals surface area contributed by atoms with Gasteiger partial charge in [-0.3, -0.25) is 9.69 Å². The van der Waals surface area contributed by atoms with Gasteiger partial charge in [0.1, 0.15) is 0 Å². The molecule has 1 amide bonds. The first kappa shape index (κ1) is 15.4. The lowest BCUT2D eigenvalue weighted by molar-refractivity contribution is -0.122. The normalized spacial score (nSPS) is 17.4. The number of rotatable bonds is 7.